The Kier molecular flexibility index (Phi) is 7.55. The molecule has 2 saturated heterocycles. The van der Waals surface area contributed by atoms with Crippen molar-refractivity contribution in [2.45, 2.75) is 49.5 Å². The molecule has 2 aromatic rings. The number of carbonyl (C=O) groups is 3. The van der Waals surface area contributed by atoms with Crippen LogP contribution in [0.4, 0.5) is 13.2 Å². The molecule has 2 aliphatic rings. The number of H-pyrrole nitrogens is 1. The Morgan fingerprint density at radius 2 is 2.11 bits per heavy atom. The van der Waals surface area contributed by atoms with E-state index in [1.165, 1.54) is 13.2 Å². The maximum Gasteiger partial charge on any atom is 0.419 e. The van der Waals surface area contributed by atoms with Gasteiger partial charge in [-0.3, -0.25) is 14.4 Å². The second kappa shape index (κ2) is 10.5. The minimum Gasteiger partial charge on any atom is -0.496 e. The number of aromatic amines is 1. The third kappa shape index (κ3) is 5.00. The number of halogens is 3. The second-order valence-corrected chi connectivity index (χ2v) is 9.51. The number of alkyl halides is 3. The van der Waals surface area contributed by atoms with Crippen molar-refractivity contribution in [3.63, 3.8) is 0 Å². The topological polar surface area (TPSA) is 137 Å². The zero-order chi connectivity index (χ0) is 27.7. The number of amides is 3. The predicted octanol–water partition coefficient (Wildman–Crippen LogP) is 2.26. The lowest BCUT2D eigenvalue weighted by atomic mass is 9.91. The van der Waals surface area contributed by atoms with Crippen molar-refractivity contribution < 1.29 is 37.0 Å². The maximum atomic E-state index is 14.1. The average Bonchev–Trinajstić information content (AvgIpc) is 3.52. The Labute approximate surface area is 216 Å². The van der Waals surface area contributed by atoms with E-state index in [1.54, 1.807) is 18.2 Å². The number of ether oxygens (including phenoxy) is 2. The van der Waals surface area contributed by atoms with Gasteiger partial charge in [-0.25, -0.2) is 0 Å². The summed E-state index contributed by atoms with van der Waals surface area (Å²) in [5.74, 6) is -2.07. The van der Waals surface area contributed by atoms with Crippen LogP contribution in [-0.2, 0) is 14.3 Å². The van der Waals surface area contributed by atoms with Gasteiger partial charge in [0.2, 0.25) is 11.8 Å². The highest BCUT2D eigenvalue weighted by Gasteiger charge is 2.63. The highest BCUT2D eigenvalue weighted by Crippen LogP contribution is 2.43. The van der Waals surface area contributed by atoms with Crippen LogP contribution in [0.1, 0.15) is 36.2 Å². The van der Waals surface area contributed by atoms with E-state index >= 15 is 0 Å². The van der Waals surface area contributed by atoms with Gasteiger partial charge in [-0.15, -0.1) is 0 Å². The Morgan fingerprint density at radius 3 is 2.74 bits per heavy atom. The summed E-state index contributed by atoms with van der Waals surface area (Å²) in [4.78, 5) is 42.6. The molecule has 2 fully saturated rings. The van der Waals surface area contributed by atoms with E-state index in [1.807, 2.05) is 6.07 Å². The van der Waals surface area contributed by atoms with Crippen LogP contribution in [0.5, 0.6) is 5.75 Å². The number of methoxy groups -OCH3 is 2. The third-order valence-electron chi connectivity index (χ3n) is 7.26. The van der Waals surface area contributed by atoms with Gasteiger partial charge in [0.05, 0.1) is 19.7 Å². The number of hydrogen-bond donors (Lipinski definition) is 3. The molecule has 0 saturated carbocycles. The number of piperidine rings is 1. The van der Waals surface area contributed by atoms with Crippen LogP contribution in [0.15, 0.2) is 24.3 Å². The highest BCUT2D eigenvalue weighted by molar-refractivity contribution is 6.02. The first-order chi connectivity index (χ1) is 18.0. The van der Waals surface area contributed by atoms with Crippen LogP contribution in [0.3, 0.4) is 0 Å². The lowest BCUT2D eigenvalue weighted by Gasteiger charge is -2.29. The molecule has 10 nitrogen and oxygen atoms in total. The van der Waals surface area contributed by atoms with Crippen molar-refractivity contribution >= 4 is 28.6 Å². The van der Waals surface area contributed by atoms with E-state index in [0.29, 0.717) is 36.0 Å². The Balaban J connectivity index is 1.62. The van der Waals surface area contributed by atoms with Gasteiger partial charge in [-0.05, 0) is 37.5 Å². The van der Waals surface area contributed by atoms with Gasteiger partial charge in [0.15, 0.2) is 5.60 Å². The quantitative estimate of drug-likeness (QED) is 0.498. The van der Waals surface area contributed by atoms with Gasteiger partial charge in [0.25, 0.3) is 5.91 Å². The number of aromatic nitrogens is 1. The molecule has 204 valence electrons. The Bertz CT molecular complexity index is 1270. The van der Waals surface area contributed by atoms with Crippen LogP contribution in [0.2, 0.25) is 0 Å². The summed E-state index contributed by atoms with van der Waals surface area (Å²) in [5.41, 5.74) is -2.29. The molecule has 0 bridgehead atoms. The lowest BCUT2D eigenvalue weighted by molar-refractivity contribution is -0.263. The number of fused-ring (bicyclic) bond motifs is 1. The van der Waals surface area contributed by atoms with Gasteiger partial charge in [-0.1, -0.05) is 6.07 Å². The number of rotatable bonds is 7. The largest absolute Gasteiger partial charge is 0.496 e. The lowest BCUT2D eigenvalue weighted by Crippen LogP contribution is -2.50. The molecule has 1 aromatic carbocycles. The third-order valence-corrected chi connectivity index (χ3v) is 7.26. The summed E-state index contributed by atoms with van der Waals surface area (Å²) in [6, 6.07) is 5.69. The van der Waals surface area contributed by atoms with Crippen LogP contribution in [0, 0.1) is 17.2 Å². The zero-order valence-electron chi connectivity index (χ0n) is 20.9. The molecule has 0 spiro atoms. The monoisotopic (exact) mass is 535 g/mol. The molecule has 0 radical (unpaired) electrons. The predicted molar refractivity (Wildman–Crippen MR) is 128 cm³/mol. The first kappa shape index (κ1) is 27.3. The first-order valence-corrected chi connectivity index (χ1v) is 12.1. The molecular weight excluding hydrogens is 507 g/mol. The molecule has 2 aliphatic heterocycles. The summed E-state index contributed by atoms with van der Waals surface area (Å²) in [5, 5.41) is 15.3. The van der Waals surface area contributed by atoms with E-state index in [2.05, 4.69) is 15.6 Å². The molecular formula is C25H28F3N5O5. The van der Waals surface area contributed by atoms with Gasteiger partial charge >= 0.3 is 6.18 Å². The van der Waals surface area contributed by atoms with Crippen LogP contribution < -0.4 is 15.4 Å². The highest BCUT2D eigenvalue weighted by atomic mass is 19.4. The minimum absolute atomic E-state index is 0.00520. The normalized spacial score (nSPS) is 24.5. The first-order valence-electron chi connectivity index (χ1n) is 12.1. The minimum atomic E-state index is -4.88. The van der Waals surface area contributed by atoms with Crippen molar-refractivity contribution in [3.05, 3.63) is 30.0 Å². The summed E-state index contributed by atoms with van der Waals surface area (Å²) in [7, 11) is 2.33. The average molecular weight is 536 g/mol. The summed E-state index contributed by atoms with van der Waals surface area (Å²) in [6.45, 7) is -0.396. The van der Waals surface area contributed by atoms with Crippen LogP contribution >= 0.6 is 0 Å². The fourth-order valence-corrected chi connectivity index (χ4v) is 5.12. The van der Waals surface area contributed by atoms with Crippen molar-refractivity contribution in [2.24, 2.45) is 5.92 Å². The SMILES string of the molecule is COc1cccc2[nH]c(C(=O)N3C[C@](OC)(C(F)(F)F)C[C@H]3C(=O)N[C@H](C#N)C[C@@H]3CCCNC3=O)cc12. The molecule has 13 heteroatoms. The number of hydrogen-bond acceptors (Lipinski definition) is 6. The van der Waals surface area contributed by atoms with E-state index in [4.69, 9.17) is 9.47 Å². The molecule has 3 amide bonds. The molecule has 1 aromatic heterocycles. The molecule has 3 heterocycles. The fraction of sp³-hybridized carbons (Fsp3) is 0.520. The standard InChI is InChI=1S/C25H28F3N5O5/c1-37-20-7-3-6-17-16(20)10-18(32-17)23(36)33-13-24(38-2,25(26,27)28)11-19(33)22(35)31-15(12-29)9-14-5-4-8-30-21(14)34/h3,6-7,10,14-15,19,32H,4-5,8-9,11,13H2,1-2H3,(H,30,34)(H,31,35)/t14-,15-,19-,24-/m0/s1. The van der Waals surface area contributed by atoms with Crippen molar-refractivity contribution in [2.75, 3.05) is 27.3 Å². The number of nitrogens with zero attached hydrogens (tertiary/aromatic N) is 2. The Morgan fingerprint density at radius 1 is 1.34 bits per heavy atom. The van der Waals surface area contributed by atoms with Gasteiger partial charge in [0.1, 0.15) is 23.5 Å². The molecule has 3 N–H and O–H groups in total. The second-order valence-electron chi connectivity index (χ2n) is 9.51. The van der Waals surface area contributed by atoms with Crippen molar-refractivity contribution in [3.8, 4) is 11.8 Å². The Hall–Kier alpha value is -3.79. The molecule has 4 atom stereocenters. The van der Waals surface area contributed by atoms with E-state index in [-0.39, 0.29) is 18.0 Å². The van der Waals surface area contributed by atoms with E-state index in [0.717, 1.165) is 12.0 Å². The summed E-state index contributed by atoms with van der Waals surface area (Å²) in [6.07, 6.45) is -4.49. The van der Waals surface area contributed by atoms with Crippen LogP contribution in [-0.4, -0.2) is 78.8 Å². The van der Waals surface area contributed by atoms with Gasteiger partial charge in [-0.2, -0.15) is 18.4 Å². The number of carbonyl (C=O) groups excluding carboxylic acids is 3. The van der Waals surface area contributed by atoms with Crippen molar-refractivity contribution in [1.82, 2.24) is 20.5 Å². The summed E-state index contributed by atoms with van der Waals surface area (Å²) < 4.78 is 52.5. The number of likely N-dealkylation sites (tertiary alicyclic amines) is 1. The number of benzene rings is 1. The smallest absolute Gasteiger partial charge is 0.419 e. The molecule has 0 aliphatic carbocycles. The molecule has 0 unspecified atom stereocenters. The van der Waals surface area contributed by atoms with E-state index in [9.17, 15) is 32.8 Å². The van der Waals surface area contributed by atoms with Gasteiger partial charge in [0, 0.05) is 36.9 Å². The number of nitrogens with one attached hydrogen (secondary N) is 3. The van der Waals surface area contributed by atoms with Crippen molar-refractivity contribution in [1.29, 1.82) is 5.26 Å². The summed E-state index contributed by atoms with van der Waals surface area (Å²) >= 11 is 0. The number of nitriles is 1. The van der Waals surface area contributed by atoms with Crippen LogP contribution in [0.25, 0.3) is 10.9 Å². The van der Waals surface area contributed by atoms with E-state index < -0.39 is 54.6 Å². The van der Waals surface area contributed by atoms with Gasteiger partial charge < -0.3 is 30.0 Å². The zero-order valence-corrected chi connectivity index (χ0v) is 20.9. The molecule has 38 heavy (non-hydrogen) atoms. The maximum absolute atomic E-state index is 14.1. The fourth-order valence-electron chi connectivity index (χ4n) is 5.12. The molecule has 4 rings (SSSR count).